The number of nitrogens with zero attached hydrogens (tertiary/aromatic N) is 1. The number of benzene rings is 3. The topological polar surface area (TPSA) is 29.5 Å². The van der Waals surface area contributed by atoms with Gasteiger partial charge in [0, 0.05) is 6.20 Å². The number of hydrogen-bond donors (Lipinski definition) is 0. The van der Waals surface area contributed by atoms with E-state index in [-0.39, 0.29) is 5.78 Å². The number of Topliss-reactive ketones (excluding diaryl/α,β-unsaturated/α-hetero) is 1. The van der Waals surface area contributed by atoms with Gasteiger partial charge in [-0.15, -0.1) is 0 Å². The van der Waals surface area contributed by atoms with Crippen molar-refractivity contribution in [2.75, 3.05) is 7.11 Å². The lowest BCUT2D eigenvalue weighted by molar-refractivity contribution is -0.118. The highest BCUT2D eigenvalue weighted by molar-refractivity contribution is 6.35. The molecule has 0 amide bonds. The van der Waals surface area contributed by atoms with Crippen molar-refractivity contribution in [1.29, 1.82) is 0 Å². The monoisotopic (exact) mass is 407 g/mol. The summed E-state index contributed by atoms with van der Waals surface area (Å²) in [6.45, 7) is 6.15. The van der Waals surface area contributed by atoms with Crippen LogP contribution in [0.4, 0.5) is 0 Å². The lowest BCUT2D eigenvalue weighted by Gasteiger charge is -2.34. The number of hydrogen-bond acceptors (Lipinski definition) is 3. The van der Waals surface area contributed by atoms with Gasteiger partial charge in [0.1, 0.15) is 11.3 Å². The van der Waals surface area contributed by atoms with Crippen LogP contribution in [0.15, 0.2) is 79.0 Å². The predicted octanol–water partition coefficient (Wildman–Crippen LogP) is 6.06. The van der Waals surface area contributed by atoms with E-state index in [9.17, 15) is 4.79 Å². The van der Waals surface area contributed by atoms with Crippen LogP contribution in [0.5, 0.6) is 5.75 Å². The Morgan fingerprint density at radius 2 is 1.55 bits per heavy atom. The minimum atomic E-state index is -0.716. The summed E-state index contributed by atoms with van der Waals surface area (Å²) in [6.07, 6.45) is 7.96. The third kappa shape index (κ3) is 3.00. The van der Waals surface area contributed by atoms with E-state index >= 15 is 0 Å². The van der Waals surface area contributed by atoms with Crippen LogP contribution >= 0.6 is 0 Å². The summed E-state index contributed by atoms with van der Waals surface area (Å²) in [4.78, 5) is 15.9. The maximum Gasteiger partial charge on any atom is 0.195 e. The first kappa shape index (κ1) is 19.4. The quantitative estimate of drug-likeness (QED) is 0.528. The van der Waals surface area contributed by atoms with E-state index in [4.69, 9.17) is 4.74 Å². The zero-order valence-electron chi connectivity index (χ0n) is 18.3. The summed E-state index contributed by atoms with van der Waals surface area (Å²) in [5, 5.41) is 2.22. The van der Waals surface area contributed by atoms with Crippen LogP contribution in [0.25, 0.3) is 22.0 Å². The standard InChI is InChI=1S/C28H25NO2/c1-18-13-19(2)15-23(14-18)25-26(29-12-6-5-11-28(29,3)27(25)30)22-8-7-21-17-24(31-4)10-9-20(21)16-22/h5-17H,1-4H3. The van der Waals surface area contributed by atoms with Crippen molar-refractivity contribution >= 4 is 27.8 Å². The van der Waals surface area contributed by atoms with E-state index < -0.39 is 5.54 Å². The Hall–Kier alpha value is -3.59. The molecule has 2 heterocycles. The van der Waals surface area contributed by atoms with Gasteiger partial charge in [-0.2, -0.15) is 0 Å². The number of allylic oxidation sites excluding steroid dienone is 2. The molecule has 0 bridgehead atoms. The van der Waals surface area contributed by atoms with E-state index in [1.54, 1.807) is 7.11 Å². The molecule has 0 N–H and O–H groups in total. The van der Waals surface area contributed by atoms with Crippen LogP contribution in [0.2, 0.25) is 0 Å². The summed E-state index contributed by atoms with van der Waals surface area (Å²) in [7, 11) is 1.68. The van der Waals surface area contributed by atoms with E-state index in [0.29, 0.717) is 0 Å². The summed E-state index contributed by atoms with van der Waals surface area (Å²) >= 11 is 0. The minimum Gasteiger partial charge on any atom is -0.497 e. The first-order valence-electron chi connectivity index (χ1n) is 10.5. The van der Waals surface area contributed by atoms with Crippen LogP contribution in [0, 0.1) is 13.8 Å². The molecule has 1 unspecified atom stereocenters. The van der Waals surface area contributed by atoms with Crippen molar-refractivity contribution in [1.82, 2.24) is 4.90 Å². The van der Waals surface area contributed by atoms with Gasteiger partial charge in [-0.25, -0.2) is 0 Å². The lowest BCUT2D eigenvalue weighted by Crippen LogP contribution is -2.43. The molecule has 0 fully saturated rings. The number of methoxy groups -OCH3 is 1. The molecule has 3 nitrogen and oxygen atoms in total. The average molecular weight is 408 g/mol. The van der Waals surface area contributed by atoms with Crippen LogP contribution in [0.3, 0.4) is 0 Å². The second kappa shape index (κ2) is 6.98. The number of ether oxygens (including phenoxy) is 1. The zero-order valence-corrected chi connectivity index (χ0v) is 18.3. The summed E-state index contributed by atoms with van der Waals surface area (Å²) < 4.78 is 5.37. The van der Waals surface area contributed by atoms with Crippen molar-refractivity contribution in [2.24, 2.45) is 0 Å². The van der Waals surface area contributed by atoms with E-state index in [1.807, 2.05) is 43.5 Å². The second-order valence-corrected chi connectivity index (χ2v) is 8.58. The van der Waals surface area contributed by atoms with E-state index in [0.717, 1.165) is 50.0 Å². The maximum atomic E-state index is 13.8. The van der Waals surface area contributed by atoms with Gasteiger partial charge in [0.05, 0.1) is 18.4 Å². The first-order valence-corrected chi connectivity index (χ1v) is 10.5. The molecule has 0 spiro atoms. The molecule has 3 heteroatoms. The number of rotatable bonds is 3. The lowest BCUT2D eigenvalue weighted by atomic mass is 9.88. The van der Waals surface area contributed by atoms with Crippen molar-refractivity contribution in [2.45, 2.75) is 26.3 Å². The van der Waals surface area contributed by atoms with Gasteiger partial charge in [-0.1, -0.05) is 59.7 Å². The van der Waals surface area contributed by atoms with Crippen LogP contribution in [-0.4, -0.2) is 23.3 Å². The molecule has 0 saturated carbocycles. The van der Waals surface area contributed by atoms with Gasteiger partial charge in [-0.05, 0) is 66.9 Å². The number of fused-ring (bicyclic) bond motifs is 2. The minimum absolute atomic E-state index is 0.128. The van der Waals surface area contributed by atoms with Gasteiger partial charge >= 0.3 is 0 Å². The van der Waals surface area contributed by atoms with Gasteiger partial charge in [0.2, 0.25) is 0 Å². The number of ketones is 1. The molecule has 3 aromatic carbocycles. The number of carbonyl (C=O) groups is 1. The third-order valence-corrected chi connectivity index (χ3v) is 6.26. The second-order valence-electron chi connectivity index (χ2n) is 8.58. The first-order chi connectivity index (χ1) is 14.9. The molecule has 3 aromatic rings. The van der Waals surface area contributed by atoms with Gasteiger partial charge < -0.3 is 9.64 Å². The SMILES string of the molecule is COc1ccc2cc(C3=C(c4cc(C)cc(C)c4)C(=O)C4(C)C=CC=CN34)ccc2c1. The average Bonchev–Trinajstić information content (AvgIpc) is 2.99. The highest BCUT2D eigenvalue weighted by atomic mass is 16.5. The Labute approximate surface area is 183 Å². The largest absolute Gasteiger partial charge is 0.497 e. The Morgan fingerprint density at radius 3 is 2.29 bits per heavy atom. The molecular weight excluding hydrogens is 382 g/mol. The Kier molecular flexibility index (Phi) is 4.37. The van der Waals surface area contributed by atoms with Crippen LogP contribution < -0.4 is 4.74 Å². The molecule has 1 atom stereocenters. The molecule has 2 aliphatic heterocycles. The Bertz CT molecular complexity index is 1310. The predicted molar refractivity (Wildman–Crippen MR) is 127 cm³/mol. The van der Waals surface area contributed by atoms with Gasteiger partial charge in [0.15, 0.2) is 5.78 Å². The fraction of sp³-hybridized carbons (Fsp3) is 0.179. The zero-order chi connectivity index (χ0) is 21.8. The molecule has 31 heavy (non-hydrogen) atoms. The number of carbonyl (C=O) groups excluding carboxylic acids is 1. The van der Waals surface area contributed by atoms with Crippen molar-refractivity contribution in [3.05, 3.63) is 101 Å². The van der Waals surface area contributed by atoms with Gasteiger partial charge in [0.25, 0.3) is 0 Å². The highest BCUT2D eigenvalue weighted by Gasteiger charge is 2.48. The molecule has 2 aliphatic rings. The molecular formula is C28H25NO2. The fourth-order valence-electron chi connectivity index (χ4n) is 4.76. The molecule has 154 valence electrons. The maximum absolute atomic E-state index is 13.8. The van der Waals surface area contributed by atoms with Crippen LogP contribution in [-0.2, 0) is 4.79 Å². The molecule has 0 aromatic heterocycles. The third-order valence-electron chi connectivity index (χ3n) is 6.26. The summed E-state index contributed by atoms with van der Waals surface area (Å²) in [5.41, 5.74) is 5.33. The highest BCUT2D eigenvalue weighted by Crippen LogP contribution is 2.46. The molecule has 5 rings (SSSR count). The number of aryl methyl sites for hydroxylation is 2. The molecule has 0 saturated heterocycles. The normalized spacial score (nSPS) is 20.0. The Balaban J connectivity index is 1.78. The molecule has 0 radical (unpaired) electrons. The van der Waals surface area contributed by atoms with Crippen molar-refractivity contribution in [3.8, 4) is 5.75 Å². The van der Waals surface area contributed by atoms with E-state index in [1.165, 1.54) is 0 Å². The fourth-order valence-corrected chi connectivity index (χ4v) is 4.76. The van der Waals surface area contributed by atoms with Crippen molar-refractivity contribution in [3.63, 3.8) is 0 Å². The molecule has 0 aliphatic carbocycles. The summed E-state index contributed by atoms with van der Waals surface area (Å²) in [6, 6.07) is 18.8. The smallest absolute Gasteiger partial charge is 0.195 e. The van der Waals surface area contributed by atoms with E-state index in [2.05, 4.69) is 61.2 Å². The van der Waals surface area contributed by atoms with Crippen molar-refractivity contribution < 1.29 is 9.53 Å². The van der Waals surface area contributed by atoms with Gasteiger partial charge in [-0.3, -0.25) is 4.79 Å². The summed E-state index contributed by atoms with van der Waals surface area (Å²) in [5.74, 6) is 0.964. The Morgan fingerprint density at radius 1 is 0.839 bits per heavy atom. The van der Waals surface area contributed by atoms with Crippen LogP contribution in [0.1, 0.15) is 29.2 Å².